The summed E-state index contributed by atoms with van der Waals surface area (Å²) in [5.41, 5.74) is 4.01. The highest BCUT2D eigenvalue weighted by Gasteiger charge is 2.30. The lowest BCUT2D eigenvalue weighted by atomic mass is 9.93. The Bertz CT molecular complexity index is 564. The lowest BCUT2D eigenvalue weighted by molar-refractivity contribution is -0.134. The molecular weight excluding hydrogens is 286 g/mol. The van der Waals surface area contributed by atoms with Crippen molar-refractivity contribution in [2.75, 3.05) is 37.6 Å². The van der Waals surface area contributed by atoms with Gasteiger partial charge >= 0.3 is 0 Å². The topological polar surface area (TPSA) is 35.6 Å². The summed E-state index contributed by atoms with van der Waals surface area (Å²) in [4.78, 5) is 17.2. The molecule has 2 fully saturated rings. The molecule has 2 atom stereocenters. The zero-order valence-corrected chi connectivity index (χ0v) is 14.6. The number of anilines is 1. The summed E-state index contributed by atoms with van der Waals surface area (Å²) < 4.78 is 0. The molecule has 0 spiro atoms. The van der Waals surface area contributed by atoms with Gasteiger partial charge in [-0.1, -0.05) is 19.1 Å². The van der Waals surface area contributed by atoms with Crippen LogP contribution in [0.3, 0.4) is 0 Å². The van der Waals surface area contributed by atoms with E-state index in [1.807, 2.05) is 0 Å². The number of piperazine rings is 1. The molecule has 0 saturated carbocycles. The Morgan fingerprint density at radius 2 is 1.91 bits per heavy atom. The largest absolute Gasteiger partial charge is 0.368 e. The fourth-order valence-electron chi connectivity index (χ4n) is 3.76. The third kappa shape index (κ3) is 3.52. The van der Waals surface area contributed by atoms with E-state index < -0.39 is 0 Å². The predicted molar refractivity (Wildman–Crippen MR) is 94.9 cm³/mol. The van der Waals surface area contributed by atoms with E-state index in [2.05, 4.69) is 54.1 Å². The fourth-order valence-corrected chi connectivity index (χ4v) is 3.76. The molecular formula is C19H29N3O. The van der Waals surface area contributed by atoms with Gasteiger partial charge in [0.25, 0.3) is 0 Å². The minimum absolute atomic E-state index is 0.0333. The second kappa shape index (κ2) is 6.91. The van der Waals surface area contributed by atoms with Gasteiger partial charge in [-0.3, -0.25) is 4.79 Å². The van der Waals surface area contributed by atoms with Gasteiger partial charge in [-0.2, -0.15) is 0 Å². The molecule has 1 N–H and O–H groups in total. The Morgan fingerprint density at radius 3 is 2.61 bits per heavy atom. The highest BCUT2D eigenvalue weighted by Crippen LogP contribution is 2.24. The normalized spacial score (nSPS) is 25.5. The van der Waals surface area contributed by atoms with E-state index in [1.54, 1.807) is 0 Å². The second-order valence-corrected chi connectivity index (χ2v) is 7.17. The molecule has 0 aromatic heterocycles. The van der Waals surface area contributed by atoms with E-state index in [9.17, 15) is 4.79 Å². The maximum atomic E-state index is 12.7. The number of amides is 1. The average molecular weight is 315 g/mol. The Labute approximate surface area is 139 Å². The van der Waals surface area contributed by atoms with Crippen LogP contribution in [0, 0.1) is 19.8 Å². The fraction of sp³-hybridized carbons (Fsp3) is 0.632. The SMILES string of the molecule is Cc1cccc(N2CCN(C(=O)C3CC(C)CCN3)CC2)c1C. The molecule has 2 aliphatic rings. The first kappa shape index (κ1) is 16.3. The van der Waals surface area contributed by atoms with Crippen molar-refractivity contribution in [3.63, 3.8) is 0 Å². The lowest BCUT2D eigenvalue weighted by Crippen LogP contribution is -2.55. The Balaban J connectivity index is 1.60. The van der Waals surface area contributed by atoms with E-state index in [4.69, 9.17) is 0 Å². The van der Waals surface area contributed by atoms with Gasteiger partial charge in [-0.15, -0.1) is 0 Å². The Morgan fingerprint density at radius 1 is 1.17 bits per heavy atom. The summed E-state index contributed by atoms with van der Waals surface area (Å²) in [6, 6.07) is 6.52. The minimum atomic E-state index is 0.0333. The lowest BCUT2D eigenvalue weighted by Gasteiger charge is -2.39. The maximum absolute atomic E-state index is 12.7. The zero-order valence-electron chi connectivity index (χ0n) is 14.6. The van der Waals surface area contributed by atoms with Gasteiger partial charge < -0.3 is 15.1 Å². The predicted octanol–water partition coefficient (Wildman–Crippen LogP) is 2.34. The first-order chi connectivity index (χ1) is 11.1. The molecule has 0 aliphatic carbocycles. The van der Waals surface area contributed by atoms with Crippen LogP contribution in [0.4, 0.5) is 5.69 Å². The highest BCUT2D eigenvalue weighted by atomic mass is 16.2. The Kier molecular flexibility index (Phi) is 4.90. The number of hydrogen-bond donors (Lipinski definition) is 1. The first-order valence-corrected chi connectivity index (χ1v) is 8.89. The molecule has 4 nitrogen and oxygen atoms in total. The zero-order chi connectivity index (χ0) is 16.4. The standard InChI is InChI=1S/C19H29N3O/c1-14-7-8-20-17(13-14)19(23)22-11-9-21(10-12-22)18-6-4-5-15(2)16(18)3/h4-6,14,17,20H,7-13H2,1-3H3. The van der Waals surface area contributed by atoms with Gasteiger partial charge in [-0.25, -0.2) is 0 Å². The number of nitrogens with one attached hydrogen (secondary N) is 1. The van der Waals surface area contributed by atoms with E-state index in [0.717, 1.165) is 39.1 Å². The number of nitrogens with zero attached hydrogens (tertiary/aromatic N) is 2. The molecule has 1 aromatic rings. The molecule has 1 aromatic carbocycles. The van der Waals surface area contributed by atoms with Gasteiger partial charge in [0.05, 0.1) is 6.04 Å². The Hall–Kier alpha value is -1.55. The number of hydrogen-bond acceptors (Lipinski definition) is 3. The second-order valence-electron chi connectivity index (χ2n) is 7.17. The molecule has 2 aliphatic heterocycles. The van der Waals surface area contributed by atoms with Crippen molar-refractivity contribution in [2.24, 2.45) is 5.92 Å². The van der Waals surface area contributed by atoms with Crippen LogP contribution in [-0.2, 0) is 4.79 Å². The molecule has 2 heterocycles. The van der Waals surface area contributed by atoms with Crippen LogP contribution in [0.1, 0.15) is 30.9 Å². The van der Waals surface area contributed by atoms with Crippen LogP contribution < -0.4 is 10.2 Å². The number of carbonyl (C=O) groups is 1. The first-order valence-electron chi connectivity index (χ1n) is 8.89. The van der Waals surface area contributed by atoms with Crippen LogP contribution in [0.5, 0.6) is 0 Å². The molecule has 23 heavy (non-hydrogen) atoms. The number of aryl methyl sites for hydroxylation is 1. The minimum Gasteiger partial charge on any atom is -0.368 e. The number of benzene rings is 1. The number of piperidine rings is 1. The molecule has 0 radical (unpaired) electrons. The van der Waals surface area contributed by atoms with Crippen molar-refractivity contribution in [1.29, 1.82) is 0 Å². The van der Waals surface area contributed by atoms with E-state index in [1.165, 1.54) is 23.2 Å². The van der Waals surface area contributed by atoms with Crippen LogP contribution in [0.25, 0.3) is 0 Å². The monoisotopic (exact) mass is 315 g/mol. The third-order valence-electron chi connectivity index (χ3n) is 5.47. The average Bonchev–Trinajstić information content (AvgIpc) is 2.57. The van der Waals surface area contributed by atoms with Crippen molar-refractivity contribution in [2.45, 2.75) is 39.7 Å². The van der Waals surface area contributed by atoms with Crippen LogP contribution >= 0.6 is 0 Å². The number of rotatable bonds is 2. The summed E-state index contributed by atoms with van der Waals surface area (Å²) in [5, 5.41) is 3.40. The van der Waals surface area contributed by atoms with Crippen LogP contribution in [-0.4, -0.2) is 49.6 Å². The smallest absolute Gasteiger partial charge is 0.239 e. The van der Waals surface area contributed by atoms with Crippen LogP contribution in [0.2, 0.25) is 0 Å². The van der Waals surface area contributed by atoms with Gasteiger partial charge in [0.15, 0.2) is 0 Å². The van der Waals surface area contributed by atoms with Crippen molar-refractivity contribution in [3.05, 3.63) is 29.3 Å². The molecule has 2 saturated heterocycles. The van der Waals surface area contributed by atoms with Crippen molar-refractivity contribution < 1.29 is 4.79 Å². The maximum Gasteiger partial charge on any atom is 0.239 e. The van der Waals surface area contributed by atoms with E-state index in [-0.39, 0.29) is 6.04 Å². The third-order valence-corrected chi connectivity index (χ3v) is 5.47. The summed E-state index contributed by atoms with van der Waals surface area (Å²) in [6.45, 7) is 11.1. The summed E-state index contributed by atoms with van der Waals surface area (Å²) in [7, 11) is 0. The van der Waals surface area contributed by atoms with Crippen molar-refractivity contribution in [3.8, 4) is 0 Å². The van der Waals surface area contributed by atoms with Gasteiger partial charge in [0, 0.05) is 31.9 Å². The number of carbonyl (C=O) groups excluding carboxylic acids is 1. The van der Waals surface area contributed by atoms with E-state index >= 15 is 0 Å². The molecule has 3 rings (SSSR count). The summed E-state index contributed by atoms with van der Waals surface area (Å²) in [5.74, 6) is 0.957. The van der Waals surface area contributed by atoms with Crippen molar-refractivity contribution >= 4 is 11.6 Å². The molecule has 126 valence electrons. The van der Waals surface area contributed by atoms with Gasteiger partial charge in [0.1, 0.15) is 0 Å². The van der Waals surface area contributed by atoms with Gasteiger partial charge in [0.2, 0.25) is 5.91 Å². The van der Waals surface area contributed by atoms with Gasteiger partial charge in [-0.05, 0) is 56.3 Å². The molecule has 0 bridgehead atoms. The van der Waals surface area contributed by atoms with Crippen LogP contribution in [0.15, 0.2) is 18.2 Å². The van der Waals surface area contributed by atoms with Crippen molar-refractivity contribution in [1.82, 2.24) is 10.2 Å². The highest BCUT2D eigenvalue weighted by molar-refractivity contribution is 5.82. The summed E-state index contributed by atoms with van der Waals surface area (Å²) >= 11 is 0. The molecule has 1 amide bonds. The van der Waals surface area contributed by atoms with E-state index in [0.29, 0.717) is 11.8 Å². The summed E-state index contributed by atoms with van der Waals surface area (Å²) in [6.07, 6.45) is 2.17. The molecule has 2 unspecified atom stereocenters. The quantitative estimate of drug-likeness (QED) is 0.910. The molecule has 4 heteroatoms.